The zero-order valence-electron chi connectivity index (χ0n) is 13.5. The Morgan fingerprint density at radius 2 is 1.88 bits per heavy atom. The number of hydrogen-bond acceptors (Lipinski definition) is 4. The van der Waals surface area contributed by atoms with Gasteiger partial charge in [-0.25, -0.2) is 13.4 Å². The number of aryl methyl sites for hydroxylation is 1. The van der Waals surface area contributed by atoms with Crippen LogP contribution >= 0.6 is 11.6 Å². The van der Waals surface area contributed by atoms with Crippen molar-refractivity contribution in [3.8, 4) is 0 Å². The molecule has 0 atom stereocenters. The van der Waals surface area contributed by atoms with Crippen LogP contribution < -0.4 is 0 Å². The lowest BCUT2D eigenvalue weighted by Gasteiger charge is -2.34. The average Bonchev–Trinajstić information content (AvgIpc) is 2.56. The summed E-state index contributed by atoms with van der Waals surface area (Å²) in [7, 11) is -3.50. The second kappa shape index (κ2) is 7.19. The maximum atomic E-state index is 12.6. The summed E-state index contributed by atoms with van der Waals surface area (Å²) in [4.78, 5) is 6.34. The van der Waals surface area contributed by atoms with E-state index in [1.165, 1.54) is 33.8 Å². The topological polar surface area (TPSA) is 53.5 Å². The Hall–Kier alpha value is -1.47. The normalized spacial score (nSPS) is 17.1. The summed E-state index contributed by atoms with van der Waals surface area (Å²) in [5, 5.41) is 0.289. The van der Waals surface area contributed by atoms with Gasteiger partial charge in [0, 0.05) is 38.9 Å². The van der Waals surface area contributed by atoms with E-state index in [4.69, 9.17) is 11.6 Å². The van der Waals surface area contributed by atoms with Crippen molar-refractivity contribution < 1.29 is 8.42 Å². The Labute approximate surface area is 147 Å². The minimum absolute atomic E-state index is 0.194. The fourth-order valence-electron chi connectivity index (χ4n) is 2.86. The summed E-state index contributed by atoms with van der Waals surface area (Å²) >= 11 is 5.73. The molecular weight excluding hydrogens is 346 g/mol. The van der Waals surface area contributed by atoms with Crippen molar-refractivity contribution in [2.45, 2.75) is 18.4 Å². The van der Waals surface area contributed by atoms with E-state index in [0.717, 1.165) is 6.54 Å². The third-order valence-corrected chi connectivity index (χ3v) is 6.26. The van der Waals surface area contributed by atoms with Crippen LogP contribution in [0.5, 0.6) is 0 Å². The highest BCUT2D eigenvalue weighted by atomic mass is 35.5. The van der Waals surface area contributed by atoms with Crippen molar-refractivity contribution in [2.75, 3.05) is 26.2 Å². The number of benzene rings is 1. The molecule has 1 aromatic carbocycles. The number of rotatable bonds is 4. The van der Waals surface area contributed by atoms with E-state index >= 15 is 0 Å². The van der Waals surface area contributed by atoms with Crippen LogP contribution in [0.1, 0.15) is 11.1 Å². The summed E-state index contributed by atoms with van der Waals surface area (Å²) < 4.78 is 26.8. The van der Waals surface area contributed by atoms with Gasteiger partial charge in [-0.1, -0.05) is 41.4 Å². The Bertz CT molecular complexity index is 801. The van der Waals surface area contributed by atoms with Gasteiger partial charge in [0.05, 0.1) is 0 Å². The van der Waals surface area contributed by atoms with Gasteiger partial charge < -0.3 is 0 Å². The van der Waals surface area contributed by atoms with E-state index < -0.39 is 10.0 Å². The molecule has 0 N–H and O–H groups in total. The van der Waals surface area contributed by atoms with E-state index in [0.29, 0.717) is 26.2 Å². The molecule has 0 saturated carbocycles. The van der Waals surface area contributed by atoms with Crippen LogP contribution in [0.15, 0.2) is 47.5 Å². The Morgan fingerprint density at radius 3 is 2.50 bits per heavy atom. The van der Waals surface area contributed by atoms with Gasteiger partial charge in [-0.3, -0.25) is 4.90 Å². The first-order valence-electron chi connectivity index (χ1n) is 7.85. The van der Waals surface area contributed by atoms with Crippen LogP contribution in [-0.4, -0.2) is 48.8 Å². The molecule has 1 aliphatic heterocycles. The number of sulfonamides is 1. The van der Waals surface area contributed by atoms with Crippen LogP contribution in [0.2, 0.25) is 5.15 Å². The molecule has 0 bridgehead atoms. The summed E-state index contributed by atoms with van der Waals surface area (Å²) in [5.41, 5.74) is 2.50. The van der Waals surface area contributed by atoms with Crippen LogP contribution in [0.3, 0.4) is 0 Å². The fourth-order valence-corrected chi connectivity index (χ4v) is 4.34. The number of nitrogens with zero attached hydrogens (tertiary/aromatic N) is 3. The molecule has 1 aliphatic rings. The third-order valence-electron chi connectivity index (χ3n) is 4.16. The monoisotopic (exact) mass is 365 g/mol. The second-order valence-electron chi connectivity index (χ2n) is 5.99. The number of hydrogen-bond donors (Lipinski definition) is 0. The lowest BCUT2D eigenvalue weighted by atomic mass is 10.1. The SMILES string of the molecule is Cc1cccc(CN2CCN(S(=O)(=O)c3ccc(Cl)nc3)CC2)c1. The van der Waals surface area contributed by atoms with Gasteiger partial charge in [-0.2, -0.15) is 4.31 Å². The van der Waals surface area contributed by atoms with Crippen molar-refractivity contribution in [3.63, 3.8) is 0 Å². The molecule has 1 saturated heterocycles. The number of piperazine rings is 1. The maximum Gasteiger partial charge on any atom is 0.244 e. The molecule has 5 nitrogen and oxygen atoms in total. The highest BCUT2D eigenvalue weighted by Crippen LogP contribution is 2.19. The van der Waals surface area contributed by atoms with Gasteiger partial charge in [0.15, 0.2) is 0 Å². The van der Waals surface area contributed by atoms with Crippen molar-refractivity contribution in [3.05, 3.63) is 58.9 Å². The number of halogens is 1. The van der Waals surface area contributed by atoms with Crippen LogP contribution in [-0.2, 0) is 16.6 Å². The molecule has 2 aromatic rings. The smallest absolute Gasteiger partial charge is 0.244 e. The molecule has 3 rings (SSSR count). The van der Waals surface area contributed by atoms with Crippen LogP contribution in [0.25, 0.3) is 0 Å². The first-order valence-corrected chi connectivity index (χ1v) is 9.66. The van der Waals surface area contributed by atoms with E-state index in [9.17, 15) is 8.42 Å². The first kappa shape index (κ1) is 17.4. The van der Waals surface area contributed by atoms with Crippen LogP contribution in [0, 0.1) is 6.92 Å². The van der Waals surface area contributed by atoms with E-state index in [2.05, 4.69) is 41.1 Å². The van der Waals surface area contributed by atoms with Gasteiger partial charge in [-0.15, -0.1) is 0 Å². The van der Waals surface area contributed by atoms with E-state index in [1.807, 2.05) is 0 Å². The lowest BCUT2D eigenvalue weighted by molar-refractivity contribution is 0.181. The minimum Gasteiger partial charge on any atom is -0.296 e. The van der Waals surface area contributed by atoms with E-state index in [-0.39, 0.29) is 10.0 Å². The molecule has 24 heavy (non-hydrogen) atoms. The molecule has 128 valence electrons. The van der Waals surface area contributed by atoms with E-state index in [1.54, 1.807) is 0 Å². The molecule has 1 aromatic heterocycles. The van der Waals surface area contributed by atoms with Crippen molar-refractivity contribution in [2.24, 2.45) is 0 Å². The van der Waals surface area contributed by atoms with Crippen molar-refractivity contribution in [1.82, 2.24) is 14.2 Å². The molecule has 0 unspecified atom stereocenters. The van der Waals surface area contributed by atoms with Gasteiger partial charge >= 0.3 is 0 Å². The molecule has 0 radical (unpaired) electrons. The summed E-state index contributed by atoms with van der Waals surface area (Å²) in [6.07, 6.45) is 1.32. The first-order chi connectivity index (χ1) is 11.4. The number of aromatic nitrogens is 1. The summed E-state index contributed by atoms with van der Waals surface area (Å²) in [5.74, 6) is 0. The second-order valence-corrected chi connectivity index (χ2v) is 8.31. The average molecular weight is 366 g/mol. The Morgan fingerprint density at radius 1 is 1.12 bits per heavy atom. The minimum atomic E-state index is -3.50. The summed E-state index contributed by atoms with van der Waals surface area (Å²) in [6, 6.07) is 11.4. The molecule has 7 heteroatoms. The molecule has 0 aliphatic carbocycles. The molecular formula is C17H20ClN3O2S. The standard InChI is InChI=1S/C17H20ClN3O2S/c1-14-3-2-4-15(11-14)13-20-7-9-21(10-8-20)24(22,23)16-5-6-17(18)19-12-16/h2-6,11-12H,7-10,13H2,1H3. The lowest BCUT2D eigenvalue weighted by Crippen LogP contribution is -2.48. The van der Waals surface area contributed by atoms with Gasteiger partial charge in [0.25, 0.3) is 0 Å². The maximum absolute atomic E-state index is 12.6. The quantitative estimate of drug-likeness (QED) is 0.781. The Balaban J connectivity index is 1.63. The molecule has 0 spiro atoms. The predicted molar refractivity (Wildman–Crippen MR) is 94.5 cm³/mol. The molecule has 0 amide bonds. The molecule has 1 fully saturated rings. The highest BCUT2D eigenvalue weighted by Gasteiger charge is 2.28. The third kappa shape index (κ3) is 3.95. The van der Waals surface area contributed by atoms with Crippen LogP contribution in [0.4, 0.5) is 0 Å². The van der Waals surface area contributed by atoms with Gasteiger partial charge in [-0.05, 0) is 24.6 Å². The van der Waals surface area contributed by atoms with Gasteiger partial charge in [0.2, 0.25) is 10.0 Å². The zero-order valence-corrected chi connectivity index (χ0v) is 15.1. The van der Waals surface area contributed by atoms with Gasteiger partial charge in [0.1, 0.15) is 10.0 Å². The predicted octanol–water partition coefficient (Wildman–Crippen LogP) is 2.55. The largest absolute Gasteiger partial charge is 0.296 e. The summed E-state index contributed by atoms with van der Waals surface area (Å²) in [6.45, 7) is 5.32. The zero-order chi connectivity index (χ0) is 17.2. The van der Waals surface area contributed by atoms with Crippen molar-refractivity contribution in [1.29, 1.82) is 0 Å². The number of pyridine rings is 1. The highest BCUT2D eigenvalue weighted by molar-refractivity contribution is 7.89. The van der Waals surface area contributed by atoms with Crippen molar-refractivity contribution >= 4 is 21.6 Å². The Kier molecular flexibility index (Phi) is 5.20. The fraction of sp³-hybridized carbons (Fsp3) is 0.353. The molecule has 2 heterocycles.